The van der Waals surface area contributed by atoms with Gasteiger partial charge in [0.25, 0.3) is 5.91 Å². The Bertz CT molecular complexity index is 756. The summed E-state index contributed by atoms with van der Waals surface area (Å²) in [5.41, 5.74) is 0.519. The van der Waals surface area contributed by atoms with Crippen molar-refractivity contribution < 1.29 is 14.3 Å². The largest absolute Gasteiger partial charge is 0.493 e. The van der Waals surface area contributed by atoms with E-state index in [2.05, 4.69) is 20.7 Å². The summed E-state index contributed by atoms with van der Waals surface area (Å²) in [6.07, 6.45) is 2.82. The smallest absolute Gasteiger partial charge is 0.258 e. The van der Waals surface area contributed by atoms with Crippen LogP contribution in [0.1, 0.15) is 41.4 Å². The number of methoxy groups -OCH3 is 1. The van der Waals surface area contributed by atoms with Crippen LogP contribution in [0.5, 0.6) is 5.75 Å². The van der Waals surface area contributed by atoms with Gasteiger partial charge < -0.3 is 14.8 Å². The van der Waals surface area contributed by atoms with Gasteiger partial charge in [-0.05, 0) is 44.1 Å². The van der Waals surface area contributed by atoms with E-state index in [9.17, 15) is 4.79 Å². The number of amides is 1. The average molecular weight is 373 g/mol. The Balaban J connectivity index is 1.62. The molecule has 0 aliphatic carbocycles. The molecule has 0 saturated carbocycles. The summed E-state index contributed by atoms with van der Waals surface area (Å²) < 4.78 is 12.3. The van der Waals surface area contributed by atoms with Crippen molar-refractivity contribution in [1.82, 2.24) is 20.1 Å². The van der Waals surface area contributed by atoms with Crippen LogP contribution in [-0.4, -0.2) is 54.1 Å². The number of carbonyl (C=O) groups excluding carboxylic acids is 1. The summed E-state index contributed by atoms with van der Waals surface area (Å²) in [7, 11) is 3.45. The number of rotatable bonds is 8. The molecule has 2 heterocycles. The monoisotopic (exact) mass is 373 g/mol. The maximum absolute atomic E-state index is 12.6. The number of benzene rings is 1. The zero-order chi connectivity index (χ0) is 19.1. The minimum atomic E-state index is -0.232. The first-order valence-electron chi connectivity index (χ1n) is 9.32. The number of hydrogen-bond donors (Lipinski definition) is 2. The van der Waals surface area contributed by atoms with Gasteiger partial charge in [-0.2, -0.15) is 10.1 Å². The van der Waals surface area contributed by atoms with Crippen LogP contribution >= 0.6 is 0 Å². The van der Waals surface area contributed by atoms with Crippen LogP contribution in [-0.2, 0) is 11.8 Å². The van der Waals surface area contributed by atoms with E-state index in [-0.39, 0.29) is 5.91 Å². The molecule has 8 heteroatoms. The van der Waals surface area contributed by atoms with Crippen molar-refractivity contribution in [2.75, 3.05) is 38.7 Å². The van der Waals surface area contributed by atoms with E-state index in [0.717, 1.165) is 38.2 Å². The van der Waals surface area contributed by atoms with E-state index in [1.807, 2.05) is 6.07 Å². The fraction of sp³-hybridized carbons (Fsp3) is 0.526. The van der Waals surface area contributed by atoms with Gasteiger partial charge in [-0.25, -0.2) is 4.68 Å². The molecule has 0 spiro atoms. The molecule has 1 aromatic carbocycles. The molecule has 1 aliphatic heterocycles. The number of nitrogens with one attached hydrogen (secondary N) is 2. The molecule has 146 valence electrons. The Kier molecular flexibility index (Phi) is 6.78. The van der Waals surface area contributed by atoms with Crippen molar-refractivity contribution in [1.29, 1.82) is 0 Å². The summed E-state index contributed by atoms with van der Waals surface area (Å²) in [6.45, 7) is 3.14. The normalized spacial score (nSPS) is 14.9. The van der Waals surface area contributed by atoms with Gasteiger partial charge in [0.15, 0.2) is 5.82 Å². The van der Waals surface area contributed by atoms with E-state index < -0.39 is 0 Å². The SMILES string of the molecule is COCCCOc1cccc(C(=O)Nc2nc(C3CCNCC3)nn2C)c1. The standard InChI is InChI=1S/C19H27N5O3/c1-24-19(21-17(23-24)14-7-9-20-10-8-14)22-18(25)15-5-3-6-16(13-15)27-12-4-11-26-2/h3,5-6,13-14,20H,4,7-12H2,1-2H3,(H,21,22,23,25). The number of piperidine rings is 1. The Hall–Kier alpha value is -2.45. The molecule has 2 N–H and O–H groups in total. The molecule has 2 aromatic rings. The third-order valence-corrected chi connectivity index (χ3v) is 4.57. The molecule has 1 amide bonds. The summed E-state index contributed by atoms with van der Waals surface area (Å²) in [4.78, 5) is 17.1. The second-order valence-corrected chi connectivity index (χ2v) is 6.62. The first-order valence-corrected chi connectivity index (χ1v) is 9.32. The molecule has 0 unspecified atom stereocenters. The lowest BCUT2D eigenvalue weighted by Crippen LogP contribution is -2.27. The van der Waals surface area contributed by atoms with Crippen LogP contribution in [0.25, 0.3) is 0 Å². The average Bonchev–Trinajstić information content (AvgIpc) is 3.06. The Labute approximate surface area is 159 Å². The molecule has 0 radical (unpaired) electrons. The zero-order valence-electron chi connectivity index (χ0n) is 15.9. The fourth-order valence-corrected chi connectivity index (χ4v) is 3.06. The number of aryl methyl sites for hydroxylation is 1. The van der Waals surface area contributed by atoms with Crippen molar-refractivity contribution in [3.05, 3.63) is 35.7 Å². The highest BCUT2D eigenvalue weighted by molar-refractivity contribution is 6.03. The molecule has 1 aromatic heterocycles. The van der Waals surface area contributed by atoms with E-state index in [4.69, 9.17) is 9.47 Å². The fourth-order valence-electron chi connectivity index (χ4n) is 3.06. The summed E-state index contributed by atoms with van der Waals surface area (Å²) in [5, 5.41) is 10.7. The Morgan fingerprint density at radius 2 is 2.15 bits per heavy atom. The lowest BCUT2D eigenvalue weighted by atomic mass is 9.98. The van der Waals surface area contributed by atoms with Crippen molar-refractivity contribution in [3.8, 4) is 5.75 Å². The van der Waals surface area contributed by atoms with Crippen LogP contribution in [0.15, 0.2) is 24.3 Å². The number of anilines is 1. The van der Waals surface area contributed by atoms with Gasteiger partial charge in [-0.1, -0.05) is 6.07 Å². The lowest BCUT2D eigenvalue weighted by molar-refractivity contribution is 0.102. The topological polar surface area (TPSA) is 90.3 Å². The van der Waals surface area contributed by atoms with Crippen LogP contribution in [0.4, 0.5) is 5.95 Å². The molecule has 1 aliphatic rings. The second kappa shape index (κ2) is 9.48. The van der Waals surface area contributed by atoms with Crippen LogP contribution < -0.4 is 15.4 Å². The van der Waals surface area contributed by atoms with Gasteiger partial charge in [-0.3, -0.25) is 10.1 Å². The molecule has 0 bridgehead atoms. The lowest BCUT2D eigenvalue weighted by Gasteiger charge is -2.19. The minimum Gasteiger partial charge on any atom is -0.493 e. The van der Waals surface area contributed by atoms with Crippen molar-refractivity contribution >= 4 is 11.9 Å². The van der Waals surface area contributed by atoms with Gasteiger partial charge in [0, 0.05) is 38.7 Å². The van der Waals surface area contributed by atoms with Crippen LogP contribution in [0.3, 0.4) is 0 Å². The van der Waals surface area contributed by atoms with Gasteiger partial charge in [0.2, 0.25) is 5.95 Å². The number of aromatic nitrogens is 3. The summed E-state index contributed by atoms with van der Waals surface area (Å²) >= 11 is 0. The third kappa shape index (κ3) is 5.27. The molecule has 1 saturated heterocycles. The predicted molar refractivity (Wildman–Crippen MR) is 102 cm³/mol. The molecular weight excluding hydrogens is 346 g/mol. The quantitative estimate of drug-likeness (QED) is 0.688. The molecule has 8 nitrogen and oxygen atoms in total. The molecule has 1 fully saturated rings. The van der Waals surface area contributed by atoms with Crippen molar-refractivity contribution in [2.45, 2.75) is 25.2 Å². The first-order chi connectivity index (χ1) is 13.2. The second-order valence-electron chi connectivity index (χ2n) is 6.62. The Morgan fingerprint density at radius 1 is 1.33 bits per heavy atom. The molecule has 3 rings (SSSR count). The highest BCUT2D eigenvalue weighted by atomic mass is 16.5. The summed E-state index contributed by atoms with van der Waals surface area (Å²) in [6, 6.07) is 7.12. The van der Waals surface area contributed by atoms with Crippen LogP contribution in [0, 0.1) is 0 Å². The number of carbonyl (C=O) groups is 1. The maximum Gasteiger partial charge on any atom is 0.258 e. The van der Waals surface area contributed by atoms with E-state index in [0.29, 0.717) is 36.4 Å². The Morgan fingerprint density at radius 3 is 2.93 bits per heavy atom. The molecule has 0 atom stereocenters. The summed E-state index contributed by atoms with van der Waals surface area (Å²) in [5.74, 6) is 2.02. The van der Waals surface area contributed by atoms with E-state index in [1.165, 1.54) is 0 Å². The highest BCUT2D eigenvalue weighted by Crippen LogP contribution is 2.23. The van der Waals surface area contributed by atoms with Crippen molar-refractivity contribution in [2.24, 2.45) is 7.05 Å². The van der Waals surface area contributed by atoms with Gasteiger partial charge in [-0.15, -0.1) is 0 Å². The third-order valence-electron chi connectivity index (χ3n) is 4.57. The zero-order valence-corrected chi connectivity index (χ0v) is 15.9. The predicted octanol–water partition coefficient (Wildman–Crippen LogP) is 1.95. The van der Waals surface area contributed by atoms with Gasteiger partial charge in [0.05, 0.1) is 6.61 Å². The van der Waals surface area contributed by atoms with Crippen LogP contribution in [0.2, 0.25) is 0 Å². The minimum absolute atomic E-state index is 0.232. The maximum atomic E-state index is 12.6. The van der Waals surface area contributed by atoms with E-state index in [1.54, 1.807) is 37.0 Å². The number of nitrogens with zero attached hydrogens (tertiary/aromatic N) is 3. The molecule has 27 heavy (non-hydrogen) atoms. The van der Waals surface area contributed by atoms with E-state index >= 15 is 0 Å². The highest BCUT2D eigenvalue weighted by Gasteiger charge is 2.21. The first kappa shape index (κ1) is 19.3. The molecular formula is C19H27N5O3. The number of hydrogen-bond acceptors (Lipinski definition) is 6. The van der Waals surface area contributed by atoms with Crippen molar-refractivity contribution in [3.63, 3.8) is 0 Å². The van der Waals surface area contributed by atoms with Gasteiger partial charge in [0.1, 0.15) is 5.75 Å². The van der Waals surface area contributed by atoms with Gasteiger partial charge >= 0.3 is 0 Å². The number of ether oxygens (including phenoxy) is 2.